The van der Waals surface area contributed by atoms with Gasteiger partial charge in [-0.05, 0) is 30.9 Å². The number of nitrogens with two attached hydrogens (primary N) is 1. The maximum absolute atomic E-state index is 12.3. The highest BCUT2D eigenvalue weighted by molar-refractivity contribution is 9.10. The van der Waals surface area contributed by atoms with Gasteiger partial charge in [-0.25, -0.2) is 0 Å². The lowest BCUT2D eigenvalue weighted by molar-refractivity contribution is -0.133. The summed E-state index contributed by atoms with van der Waals surface area (Å²) in [6, 6.07) is 8.11. The molecule has 0 aliphatic carbocycles. The first kappa shape index (κ1) is 13.6. The third-order valence-electron chi connectivity index (χ3n) is 3.52. The highest BCUT2D eigenvalue weighted by Crippen LogP contribution is 2.20. The van der Waals surface area contributed by atoms with Crippen LogP contribution in [0.4, 0.5) is 0 Å². The summed E-state index contributed by atoms with van der Waals surface area (Å²) in [6.07, 6.45) is 3.77. The SMILES string of the molecule is NC[C@@H]1CCCCN1C(=O)Cc1ccccc1Br. The van der Waals surface area contributed by atoms with Gasteiger partial charge < -0.3 is 10.6 Å². The van der Waals surface area contributed by atoms with Crippen LogP contribution in [-0.4, -0.2) is 29.9 Å². The smallest absolute Gasteiger partial charge is 0.227 e. The lowest BCUT2D eigenvalue weighted by Crippen LogP contribution is -2.48. The highest BCUT2D eigenvalue weighted by atomic mass is 79.9. The normalized spacial score (nSPS) is 19.9. The van der Waals surface area contributed by atoms with Crippen molar-refractivity contribution in [3.8, 4) is 0 Å². The van der Waals surface area contributed by atoms with Gasteiger partial charge in [0.2, 0.25) is 5.91 Å². The molecule has 0 aromatic heterocycles. The van der Waals surface area contributed by atoms with Gasteiger partial charge in [-0.15, -0.1) is 0 Å². The fourth-order valence-electron chi connectivity index (χ4n) is 2.48. The van der Waals surface area contributed by atoms with E-state index in [-0.39, 0.29) is 11.9 Å². The number of benzene rings is 1. The van der Waals surface area contributed by atoms with Gasteiger partial charge in [-0.2, -0.15) is 0 Å². The fourth-order valence-corrected chi connectivity index (χ4v) is 2.91. The molecule has 1 atom stereocenters. The Morgan fingerprint density at radius 1 is 1.39 bits per heavy atom. The first-order chi connectivity index (χ1) is 8.72. The van der Waals surface area contributed by atoms with Gasteiger partial charge >= 0.3 is 0 Å². The first-order valence-corrected chi connectivity index (χ1v) is 7.24. The Hall–Kier alpha value is -0.870. The summed E-state index contributed by atoms with van der Waals surface area (Å²) in [7, 11) is 0. The third-order valence-corrected chi connectivity index (χ3v) is 4.29. The van der Waals surface area contributed by atoms with Crippen LogP contribution in [-0.2, 0) is 11.2 Å². The average Bonchev–Trinajstić information content (AvgIpc) is 2.41. The number of halogens is 1. The molecule has 0 radical (unpaired) electrons. The molecule has 1 fully saturated rings. The van der Waals surface area contributed by atoms with Crippen LogP contribution in [0.2, 0.25) is 0 Å². The van der Waals surface area contributed by atoms with Crippen molar-refractivity contribution >= 4 is 21.8 Å². The second kappa shape index (κ2) is 6.34. The van der Waals surface area contributed by atoms with E-state index in [1.807, 2.05) is 29.2 Å². The van der Waals surface area contributed by atoms with Gasteiger partial charge in [0.05, 0.1) is 6.42 Å². The molecule has 2 rings (SSSR count). The Balaban J connectivity index is 2.05. The lowest BCUT2D eigenvalue weighted by atomic mass is 10.0. The molecule has 1 aliphatic rings. The van der Waals surface area contributed by atoms with E-state index in [4.69, 9.17) is 5.73 Å². The Bertz CT molecular complexity index is 422. The van der Waals surface area contributed by atoms with E-state index in [1.165, 1.54) is 6.42 Å². The summed E-state index contributed by atoms with van der Waals surface area (Å²) in [5, 5.41) is 0. The fraction of sp³-hybridized carbons (Fsp3) is 0.500. The number of carbonyl (C=O) groups is 1. The van der Waals surface area contributed by atoms with Crippen LogP contribution in [0.15, 0.2) is 28.7 Å². The predicted molar refractivity (Wildman–Crippen MR) is 76.3 cm³/mol. The number of hydrogen-bond donors (Lipinski definition) is 1. The lowest BCUT2D eigenvalue weighted by Gasteiger charge is -2.35. The number of piperidine rings is 1. The molecule has 98 valence electrons. The molecule has 1 aromatic carbocycles. The summed E-state index contributed by atoms with van der Waals surface area (Å²) in [4.78, 5) is 14.3. The van der Waals surface area contributed by atoms with Crippen molar-refractivity contribution in [3.63, 3.8) is 0 Å². The van der Waals surface area contributed by atoms with Crippen LogP contribution >= 0.6 is 15.9 Å². The van der Waals surface area contributed by atoms with Crippen molar-refractivity contribution in [2.45, 2.75) is 31.7 Å². The van der Waals surface area contributed by atoms with E-state index < -0.39 is 0 Å². The molecule has 1 aromatic rings. The van der Waals surface area contributed by atoms with Crippen molar-refractivity contribution < 1.29 is 4.79 Å². The molecular formula is C14H19BrN2O. The molecule has 0 unspecified atom stereocenters. The van der Waals surface area contributed by atoms with Crippen molar-refractivity contribution in [1.82, 2.24) is 4.90 Å². The second-order valence-corrected chi connectivity index (χ2v) is 5.59. The number of carbonyl (C=O) groups excluding carboxylic acids is 1. The van der Waals surface area contributed by atoms with E-state index >= 15 is 0 Å². The van der Waals surface area contributed by atoms with Gasteiger partial charge in [0, 0.05) is 23.6 Å². The third kappa shape index (κ3) is 3.12. The van der Waals surface area contributed by atoms with Crippen molar-refractivity contribution in [3.05, 3.63) is 34.3 Å². The van der Waals surface area contributed by atoms with Crippen LogP contribution in [0, 0.1) is 0 Å². The van der Waals surface area contributed by atoms with Crippen molar-refractivity contribution in [2.24, 2.45) is 5.73 Å². The van der Waals surface area contributed by atoms with Crippen molar-refractivity contribution in [2.75, 3.05) is 13.1 Å². The van der Waals surface area contributed by atoms with E-state index in [9.17, 15) is 4.79 Å². The molecular weight excluding hydrogens is 292 g/mol. The first-order valence-electron chi connectivity index (χ1n) is 6.45. The minimum Gasteiger partial charge on any atom is -0.338 e. The van der Waals surface area contributed by atoms with E-state index in [0.29, 0.717) is 13.0 Å². The van der Waals surface area contributed by atoms with Crippen LogP contribution in [0.5, 0.6) is 0 Å². The second-order valence-electron chi connectivity index (χ2n) is 4.74. The molecule has 1 saturated heterocycles. The number of hydrogen-bond acceptors (Lipinski definition) is 2. The highest BCUT2D eigenvalue weighted by Gasteiger charge is 2.25. The Kier molecular flexibility index (Phi) is 4.78. The monoisotopic (exact) mass is 310 g/mol. The maximum Gasteiger partial charge on any atom is 0.227 e. The summed E-state index contributed by atoms with van der Waals surface area (Å²) in [5.41, 5.74) is 6.80. The Morgan fingerprint density at radius 2 is 2.17 bits per heavy atom. The van der Waals surface area contributed by atoms with Gasteiger partial charge in [-0.3, -0.25) is 4.79 Å². The molecule has 2 N–H and O–H groups in total. The summed E-state index contributed by atoms with van der Waals surface area (Å²) in [5.74, 6) is 0.192. The Labute approximate surface area is 116 Å². The summed E-state index contributed by atoms with van der Waals surface area (Å²) in [6.45, 7) is 1.42. The maximum atomic E-state index is 12.3. The largest absolute Gasteiger partial charge is 0.338 e. The van der Waals surface area contributed by atoms with Crippen LogP contribution in [0.1, 0.15) is 24.8 Å². The van der Waals surface area contributed by atoms with Crippen molar-refractivity contribution in [1.29, 1.82) is 0 Å². The van der Waals surface area contributed by atoms with Crippen LogP contribution < -0.4 is 5.73 Å². The molecule has 18 heavy (non-hydrogen) atoms. The van der Waals surface area contributed by atoms with Crippen LogP contribution in [0.25, 0.3) is 0 Å². The average molecular weight is 311 g/mol. The van der Waals surface area contributed by atoms with Gasteiger partial charge in [-0.1, -0.05) is 34.1 Å². The summed E-state index contributed by atoms with van der Waals surface area (Å²) < 4.78 is 1.000. The zero-order valence-corrected chi connectivity index (χ0v) is 12.0. The molecule has 0 bridgehead atoms. The van der Waals surface area contributed by atoms with E-state index in [0.717, 1.165) is 29.4 Å². The minimum absolute atomic E-state index is 0.192. The Morgan fingerprint density at radius 3 is 2.89 bits per heavy atom. The quantitative estimate of drug-likeness (QED) is 0.931. The zero-order chi connectivity index (χ0) is 13.0. The van der Waals surface area contributed by atoms with Gasteiger partial charge in [0.1, 0.15) is 0 Å². The zero-order valence-electron chi connectivity index (χ0n) is 10.4. The number of nitrogens with zero attached hydrogens (tertiary/aromatic N) is 1. The van der Waals surface area contributed by atoms with Crippen LogP contribution in [0.3, 0.4) is 0 Å². The van der Waals surface area contributed by atoms with E-state index in [1.54, 1.807) is 0 Å². The predicted octanol–water partition coefficient (Wildman–Crippen LogP) is 2.33. The van der Waals surface area contributed by atoms with E-state index in [2.05, 4.69) is 15.9 Å². The molecule has 1 heterocycles. The molecule has 1 amide bonds. The number of rotatable bonds is 3. The molecule has 3 nitrogen and oxygen atoms in total. The summed E-state index contributed by atoms with van der Waals surface area (Å²) >= 11 is 3.49. The molecule has 0 spiro atoms. The van der Waals surface area contributed by atoms with Gasteiger partial charge in [0.15, 0.2) is 0 Å². The van der Waals surface area contributed by atoms with Gasteiger partial charge in [0.25, 0.3) is 0 Å². The molecule has 0 saturated carbocycles. The minimum atomic E-state index is 0.192. The standard InChI is InChI=1S/C14H19BrN2O/c15-13-7-2-1-5-11(13)9-14(18)17-8-4-3-6-12(17)10-16/h1-2,5,7,12H,3-4,6,8-10,16H2/t12-/m0/s1. The molecule has 4 heteroatoms. The topological polar surface area (TPSA) is 46.3 Å². The number of amides is 1. The number of likely N-dealkylation sites (tertiary alicyclic amines) is 1. The molecule has 1 aliphatic heterocycles.